The summed E-state index contributed by atoms with van der Waals surface area (Å²) in [4.78, 5) is 38.1. The van der Waals surface area contributed by atoms with Crippen molar-refractivity contribution in [3.05, 3.63) is 85.1 Å². The molecule has 0 radical (unpaired) electrons. The summed E-state index contributed by atoms with van der Waals surface area (Å²) >= 11 is 0. The van der Waals surface area contributed by atoms with Crippen LogP contribution in [0, 0.1) is 0 Å². The maximum absolute atomic E-state index is 12.8. The maximum atomic E-state index is 12.8. The second kappa shape index (κ2) is 60.1. The molecule has 0 aliphatic carbocycles. The maximum Gasteiger partial charge on any atom is 0.306 e. The molecule has 414 valence electrons. The van der Waals surface area contributed by atoms with Gasteiger partial charge in [0.2, 0.25) is 0 Å². The van der Waals surface area contributed by atoms with Crippen LogP contribution in [0.2, 0.25) is 0 Å². The molecule has 0 fully saturated rings. The van der Waals surface area contributed by atoms with Crippen LogP contribution in [0.3, 0.4) is 0 Å². The first kappa shape index (κ1) is 68.6. The number of hydrogen-bond donors (Lipinski definition) is 0. The van der Waals surface area contributed by atoms with Gasteiger partial charge in [0.1, 0.15) is 13.2 Å². The van der Waals surface area contributed by atoms with Gasteiger partial charge >= 0.3 is 17.9 Å². The predicted octanol–water partition coefficient (Wildman–Crippen LogP) is 20.7. The van der Waals surface area contributed by atoms with Gasteiger partial charge in [-0.25, -0.2) is 0 Å². The third-order valence-corrected chi connectivity index (χ3v) is 13.1. The Kier molecular flexibility index (Phi) is 57.3. The molecule has 6 heteroatoms. The summed E-state index contributed by atoms with van der Waals surface area (Å²) in [6, 6.07) is 0. The first-order valence-corrected chi connectivity index (χ1v) is 30.6. The van der Waals surface area contributed by atoms with Crippen molar-refractivity contribution in [1.82, 2.24) is 0 Å². The monoisotopic (exact) mass is 1000 g/mol. The Bertz CT molecular complexity index is 1380. The Labute approximate surface area is 445 Å². The first-order valence-electron chi connectivity index (χ1n) is 30.6. The Morgan fingerprint density at radius 2 is 0.542 bits per heavy atom. The SMILES string of the molecule is CC/C=C\C/C=C\C/C=C\C/C=C\C/C=C\C/C=C\CCCCCCCCCCCCC(=O)OCC(COC(=O)CCCCCCCCCCCCC)OC(=O)CCCCCCC/C=C\CCCCCCC. The summed E-state index contributed by atoms with van der Waals surface area (Å²) in [5.74, 6) is -0.883. The van der Waals surface area contributed by atoms with Crippen molar-refractivity contribution in [2.45, 2.75) is 303 Å². The largest absolute Gasteiger partial charge is 0.462 e. The molecule has 0 aromatic rings. The minimum absolute atomic E-state index is 0.0778. The lowest BCUT2D eigenvalue weighted by Crippen LogP contribution is -2.30. The molecule has 72 heavy (non-hydrogen) atoms. The molecule has 1 unspecified atom stereocenters. The van der Waals surface area contributed by atoms with E-state index in [0.717, 1.165) is 109 Å². The molecule has 1 atom stereocenters. The number of ether oxygens (including phenoxy) is 3. The van der Waals surface area contributed by atoms with E-state index in [-0.39, 0.29) is 31.1 Å². The summed E-state index contributed by atoms with van der Waals surface area (Å²) in [5, 5.41) is 0. The third kappa shape index (κ3) is 57.5. The summed E-state index contributed by atoms with van der Waals surface area (Å²) in [7, 11) is 0. The number of hydrogen-bond acceptors (Lipinski definition) is 6. The van der Waals surface area contributed by atoms with E-state index in [1.54, 1.807) is 0 Å². The van der Waals surface area contributed by atoms with E-state index < -0.39 is 6.10 Å². The summed E-state index contributed by atoms with van der Waals surface area (Å²) in [5.41, 5.74) is 0. The average molecular weight is 1000 g/mol. The van der Waals surface area contributed by atoms with Gasteiger partial charge in [-0.1, -0.05) is 266 Å². The molecule has 0 spiro atoms. The van der Waals surface area contributed by atoms with E-state index in [1.807, 2.05) is 0 Å². The normalized spacial score (nSPS) is 12.7. The average Bonchev–Trinajstić information content (AvgIpc) is 3.38. The lowest BCUT2D eigenvalue weighted by Gasteiger charge is -2.18. The van der Waals surface area contributed by atoms with Gasteiger partial charge in [0.15, 0.2) is 6.10 Å². The quantitative estimate of drug-likeness (QED) is 0.0261. The molecule has 0 saturated heterocycles. The molecular weight excluding hydrogens is 889 g/mol. The fourth-order valence-corrected chi connectivity index (χ4v) is 8.56. The predicted molar refractivity (Wildman–Crippen MR) is 311 cm³/mol. The van der Waals surface area contributed by atoms with E-state index in [2.05, 4.69) is 106 Å². The number of carbonyl (C=O) groups excluding carboxylic acids is 3. The molecule has 0 aromatic heterocycles. The zero-order chi connectivity index (χ0) is 52.2. The number of rotatable bonds is 55. The van der Waals surface area contributed by atoms with Gasteiger partial charge < -0.3 is 14.2 Å². The lowest BCUT2D eigenvalue weighted by atomic mass is 10.1. The first-order chi connectivity index (χ1) is 35.5. The van der Waals surface area contributed by atoms with Crippen molar-refractivity contribution in [2.24, 2.45) is 0 Å². The molecular formula is C66H114O6. The fraction of sp³-hybridized carbons (Fsp3) is 0.742. The van der Waals surface area contributed by atoms with E-state index in [1.165, 1.54) is 148 Å². The van der Waals surface area contributed by atoms with Crippen molar-refractivity contribution >= 4 is 17.9 Å². The van der Waals surface area contributed by atoms with Crippen LogP contribution in [-0.2, 0) is 28.6 Å². The zero-order valence-corrected chi connectivity index (χ0v) is 47.4. The van der Waals surface area contributed by atoms with E-state index >= 15 is 0 Å². The molecule has 6 nitrogen and oxygen atoms in total. The van der Waals surface area contributed by atoms with Gasteiger partial charge in [-0.3, -0.25) is 14.4 Å². The second-order valence-corrected chi connectivity index (χ2v) is 20.2. The van der Waals surface area contributed by atoms with Crippen LogP contribution in [0.5, 0.6) is 0 Å². The molecule has 0 aliphatic heterocycles. The Balaban J connectivity index is 4.22. The van der Waals surface area contributed by atoms with Crippen molar-refractivity contribution in [1.29, 1.82) is 0 Å². The van der Waals surface area contributed by atoms with Gasteiger partial charge in [0.25, 0.3) is 0 Å². The minimum Gasteiger partial charge on any atom is -0.462 e. The van der Waals surface area contributed by atoms with Gasteiger partial charge in [-0.15, -0.1) is 0 Å². The van der Waals surface area contributed by atoms with Crippen LogP contribution < -0.4 is 0 Å². The van der Waals surface area contributed by atoms with Crippen LogP contribution >= 0.6 is 0 Å². The van der Waals surface area contributed by atoms with Crippen LogP contribution in [-0.4, -0.2) is 37.2 Å². The van der Waals surface area contributed by atoms with Crippen molar-refractivity contribution < 1.29 is 28.6 Å². The zero-order valence-electron chi connectivity index (χ0n) is 47.4. The smallest absolute Gasteiger partial charge is 0.306 e. The van der Waals surface area contributed by atoms with E-state index in [9.17, 15) is 14.4 Å². The molecule has 0 rings (SSSR count). The standard InChI is InChI=1S/C66H114O6/c1-4-7-10-13-16-19-22-24-26-27-28-29-30-31-32-33-34-35-36-37-38-39-40-42-44-47-50-53-56-59-65(68)71-62-63(61-70-64(67)58-55-52-49-46-43-21-18-15-12-9-6-3)72-66(69)60-57-54-51-48-45-41-25-23-20-17-14-11-8-5-2/h7,10,16,19,23-26,28-29,31-32,34-35,63H,4-6,8-9,11-15,17-18,20-22,27,30,33,36-62H2,1-3H3/b10-7-,19-16-,25-23-,26-24-,29-28-,32-31-,35-34-. The van der Waals surface area contributed by atoms with Crippen LogP contribution in [0.4, 0.5) is 0 Å². The second-order valence-electron chi connectivity index (χ2n) is 20.2. The van der Waals surface area contributed by atoms with Gasteiger partial charge in [-0.05, 0) is 96.3 Å². The Hall–Kier alpha value is -3.41. The highest BCUT2D eigenvalue weighted by Gasteiger charge is 2.19. The van der Waals surface area contributed by atoms with Crippen LogP contribution in [0.15, 0.2) is 85.1 Å². The molecule has 0 N–H and O–H groups in total. The van der Waals surface area contributed by atoms with E-state index in [4.69, 9.17) is 14.2 Å². The van der Waals surface area contributed by atoms with Crippen LogP contribution in [0.1, 0.15) is 297 Å². The highest BCUT2D eigenvalue weighted by atomic mass is 16.6. The summed E-state index contributed by atoms with van der Waals surface area (Å²) < 4.78 is 16.9. The number of unbranched alkanes of at least 4 members (excludes halogenated alkanes) is 30. The topological polar surface area (TPSA) is 78.9 Å². The van der Waals surface area contributed by atoms with Crippen molar-refractivity contribution in [2.75, 3.05) is 13.2 Å². The number of carbonyl (C=O) groups is 3. The van der Waals surface area contributed by atoms with Crippen molar-refractivity contribution in [3.8, 4) is 0 Å². The molecule has 0 aromatic carbocycles. The third-order valence-electron chi connectivity index (χ3n) is 13.1. The Morgan fingerprint density at radius 1 is 0.292 bits per heavy atom. The summed E-state index contributed by atoms with van der Waals surface area (Å²) in [6.45, 7) is 6.52. The lowest BCUT2D eigenvalue weighted by molar-refractivity contribution is -0.167. The summed E-state index contributed by atoms with van der Waals surface area (Å²) in [6.07, 6.45) is 78.7. The van der Waals surface area contributed by atoms with Gasteiger partial charge in [-0.2, -0.15) is 0 Å². The number of allylic oxidation sites excluding steroid dienone is 14. The highest BCUT2D eigenvalue weighted by Crippen LogP contribution is 2.16. The molecule has 0 saturated carbocycles. The van der Waals surface area contributed by atoms with Crippen molar-refractivity contribution in [3.63, 3.8) is 0 Å². The molecule has 0 aliphatic rings. The van der Waals surface area contributed by atoms with Gasteiger partial charge in [0.05, 0.1) is 0 Å². The van der Waals surface area contributed by atoms with Crippen LogP contribution in [0.25, 0.3) is 0 Å². The molecule has 0 bridgehead atoms. The van der Waals surface area contributed by atoms with Gasteiger partial charge in [0, 0.05) is 19.3 Å². The Morgan fingerprint density at radius 3 is 0.861 bits per heavy atom. The fourth-order valence-electron chi connectivity index (χ4n) is 8.56. The molecule has 0 amide bonds. The highest BCUT2D eigenvalue weighted by molar-refractivity contribution is 5.71. The minimum atomic E-state index is -0.780. The molecule has 0 heterocycles. The number of esters is 3. The van der Waals surface area contributed by atoms with E-state index in [0.29, 0.717) is 19.3 Å².